The fourth-order valence-electron chi connectivity index (χ4n) is 1.76. The van der Waals surface area contributed by atoms with Crippen molar-refractivity contribution in [2.75, 3.05) is 6.54 Å². The maximum absolute atomic E-state index is 8.93. The Bertz CT molecular complexity index is 371. The summed E-state index contributed by atoms with van der Waals surface area (Å²) in [4.78, 5) is 0. The monoisotopic (exact) mass is 233 g/mol. The predicted octanol–water partition coefficient (Wildman–Crippen LogP) is 2.93. The third kappa shape index (κ3) is 5.06. The van der Waals surface area contributed by atoms with Crippen molar-refractivity contribution >= 4 is 0 Å². The van der Waals surface area contributed by atoms with E-state index < -0.39 is 0 Å². The molecule has 3 nitrogen and oxygen atoms in total. The molecule has 0 amide bonds. The van der Waals surface area contributed by atoms with Gasteiger partial charge >= 0.3 is 0 Å². The van der Waals surface area contributed by atoms with E-state index in [1.54, 1.807) is 0 Å². The van der Waals surface area contributed by atoms with Crippen LogP contribution in [0.15, 0.2) is 18.5 Å². The van der Waals surface area contributed by atoms with Crippen molar-refractivity contribution in [2.24, 2.45) is 5.41 Å². The Morgan fingerprint density at radius 2 is 2.24 bits per heavy atom. The Morgan fingerprint density at radius 1 is 1.47 bits per heavy atom. The van der Waals surface area contributed by atoms with Gasteiger partial charge < -0.3 is 9.88 Å². The quantitative estimate of drug-likeness (QED) is 0.786. The first kappa shape index (κ1) is 13.8. The minimum absolute atomic E-state index is 0.195. The van der Waals surface area contributed by atoms with Crippen LogP contribution in [0.5, 0.6) is 0 Å². The average molecular weight is 233 g/mol. The molecule has 0 saturated heterocycles. The fourth-order valence-corrected chi connectivity index (χ4v) is 1.76. The lowest BCUT2D eigenvalue weighted by Gasteiger charge is -2.14. The number of rotatable bonds is 7. The van der Waals surface area contributed by atoms with E-state index in [0.717, 1.165) is 32.5 Å². The summed E-state index contributed by atoms with van der Waals surface area (Å²) in [6.45, 7) is 9.05. The molecule has 0 aromatic carbocycles. The van der Waals surface area contributed by atoms with Crippen LogP contribution >= 0.6 is 0 Å². The van der Waals surface area contributed by atoms with Gasteiger partial charge in [0.15, 0.2) is 0 Å². The molecule has 1 aromatic rings. The lowest BCUT2D eigenvalue weighted by atomic mass is 9.90. The van der Waals surface area contributed by atoms with Crippen LogP contribution in [-0.2, 0) is 13.1 Å². The van der Waals surface area contributed by atoms with Crippen molar-refractivity contribution in [1.82, 2.24) is 9.88 Å². The minimum Gasteiger partial charge on any atom is -0.354 e. The highest BCUT2D eigenvalue weighted by Crippen LogP contribution is 2.21. The highest BCUT2D eigenvalue weighted by molar-refractivity contribution is 5.09. The van der Waals surface area contributed by atoms with E-state index in [9.17, 15) is 0 Å². The van der Waals surface area contributed by atoms with E-state index in [1.807, 2.05) is 13.8 Å². The van der Waals surface area contributed by atoms with Gasteiger partial charge in [-0.15, -0.1) is 0 Å². The second-order valence-electron chi connectivity index (χ2n) is 5.14. The van der Waals surface area contributed by atoms with Gasteiger partial charge in [-0.05, 0) is 44.9 Å². The van der Waals surface area contributed by atoms with Gasteiger partial charge in [-0.25, -0.2) is 0 Å². The molecule has 3 heteroatoms. The standard InChI is InChI=1S/C14H23N3/c1-4-16-10-13-6-9-17(11-13)8-5-7-14(2,3)12-15/h6,9,11,16H,4-5,7-8,10H2,1-3H3. The Kier molecular flexibility index (Phi) is 5.24. The van der Waals surface area contributed by atoms with Crippen LogP contribution in [0.25, 0.3) is 0 Å². The average Bonchev–Trinajstić information content (AvgIpc) is 2.74. The van der Waals surface area contributed by atoms with Crippen molar-refractivity contribution in [2.45, 2.75) is 46.7 Å². The lowest BCUT2D eigenvalue weighted by Crippen LogP contribution is -2.11. The fraction of sp³-hybridized carbons (Fsp3) is 0.643. The molecule has 0 fully saturated rings. The Morgan fingerprint density at radius 3 is 2.88 bits per heavy atom. The summed E-state index contributed by atoms with van der Waals surface area (Å²) in [5, 5.41) is 12.2. The van der Waals surface area contributed by atoms with Crippen LogP contribution in [-0.4, -0.2) is 11.1 Å². The summed E-state index contributed by atoms with van der Waals surface area (Å²) >= 11 is 0. The van der Waals surface area contributed by atoms with Crippen molar-refractivity contribution in [3.05, 3.63) is 24.0 Å². The summed E-state index contributed by atoms with van der Waals surface area (Å²) in [6, 6.07) is 4.49. The highest BCUT2D eigenvalue weighted by Gasteiger charge is 2.15. The third-order valence-corrected chi connectivity index (χ3v) is 2.91. The van der Waals surface area contributed by atoms with E-state index >= 15 is 0 Å². The lowest BCUT2D eigenvalue weighted by molar-refractivity contribution is 0.416. The van der Waals surface area contributed by atoms with Crippen molar-refractivity contribution in [3.63, 3.8) is 0 Å². The molecule has 0 atom stereocenters. The van der Waals surface area contributed by atoms with E-state index in [2.05, 4.69) is 41.3 Å². The molecule has 0 radical (unpaired) electrons. The molecule has 0 saturated carbocycles. The van der Waals surface area contributed by atoms with Gasteiger partial charge in [0.25, 0.3) is 0 Å². The van der Waals surface area contributed by atoms with Gasteiger partial charge in [-0.1, -0.05) is 6.92 Å². The maximum atomic E-state index is 8.93. The molecule has 0 aliphatic heterocycles. The minimum atomic E-state index is -0.195. The molecule has 1 rings (SSSR count). The summed E-state index contributed by atoms with van der Waals surface area (Å²) in [7, 11) is 0. The molecule has 94 valence electrons. The van der Waals surface area contributed by atoms with Gasteiger partial charge in [0.2, 0.25) is 0 Å². The molecular formula is C14H23N3. The van der Waals surface area contributed by atoms with Gasteiger partial charge in [-0.2, -0.15) is 5.26 Å². The number of nitriles is 1. The highest BCUT2D eigenvalue weighted by atomic mass is 14.9. The number of hydrogen-bond acceptors (Lipinski definition) is 2. The van der Waals surface area contributed by atoms with Crippen LogP contribution in [0.1, 0.15) is 39.2 Å². The normalized spacial score (nSPS) is 11.4. The number of aryl methyl sites for hydroxylation is 1. The number of nitrogens with one attached hydrogen (secondary N) is 1. The zero-order valence-corrected chi connectivity index (χ0v) is 11.2. The van der Waals surface area contributed by atoms with Gasteiger partial charge in [0, 0.05) is 25.5 Å². The van der Waals surface area contributed by atoms with Crippen LogP contribution in [0.3, 0.4) is 0 Å². The molecule has 17 heavy (non-hydrogen) atoms. The molecule has 1 heterocycles. The van der Waals surface area contributed by atoms with Crippen LogP contribution in [0, 0.1) is 16.7 Å². The van der Waals surface area contributed by atoms with Crippen molar-refractivity contribution in [3.8, 4) is 6.07 Å². The van der Waals surface area contributed by atoms with E-state index in [0.29, 0.717) is 0 Å². The summed E-state index contributed by atoms with van der Waals surface area (Å²) in [5.74, 6) is 0. The summed E-state index contributed by atoms with van der Waals surface area (Å²) < 4.78 is 2.21. The number of aromatic nitrogens is 1. The molecule has 1 N–H and O–H groups in total. The SMILES string of the molecule is CCNCc1ccn(CCCC(C)(C)C#N)c1. The molecule has 0 bridgehead atoms. The summed E-state index contributed by atoms with van der Waals surface area (Å²) in [6.07, 6.45) is 6.30. The molecule has 0 aliphatic rings. The van der Waals surface area contributed by atoms with Crippen LogP contribution in [0.4, 0.5) is 0 Å². The third-order valence-electron chi connectivity index (χ3n) is 2.91. The first-order valence-corrected chi connectivity index (χ1v) is 6.34. The number of nitrogens with zero attached hydrogens (tertiary/aromatic N) is 2. The molecular weight excluding hydrogens is 210 g/mol. The largest absolute Gasteiger partial charge is 0.354 e. The zero-order chi connectivity index (χ0) is 12.7. The van der Waals surface area contributed by atoms with Gasteiger partial charge in [-0.3, -0.25) is 0 Å². The second kappa shape index (κ2) is 6.46. The van der Waals surface area contributed by atoms with Gasteiger partial charge in [0.05, 0.1) is 11.5 Å². The van der Waals surface area contributed by atoms with Gasteiger partial charge in [0.1, 0.15) is 0 Å². The first-order chi connectivity index (χ1) is 8.07. The topological polar surface area (TPSA) is 40.8 Å². The second-order valence-corrected chi connectivity index (χ2v) is 5.14. The smallest absolute Gasteiger partial charge is 0.0683 e. The van der Waals surface area contributed by atoms with Crippen molar-refractivity contribution in [1.29, 1.82) is 5.26 Å². The molecule has 0 spiro atoms. The Balaban J connectivity index is 2.33. The zero-order valence-electron chi connectivity index (χ0n) is 11.2. The van der Waals surface area contributed by atoms with E-state index in [4.69, 9.17) is 5.26 Å². The molecule has 1 aromatic heterocycles. The molecule has 0 aliphatic carbocycles. The predicted molar refractivity (Wildman–Crippen MR) is 70.4 cm³/mol. The van der Waals surface area contributed by atoms with Crippen LogP contribution < -0.4 is 5.32 Å². The van der Waals surface area contributed by atoms with E-state index in [-0.39, 0.29) is 5.41 Å². The Hall–Kier alpha value is -1.27. The number of hydrogen-bond donors (Lipinski definition) is 1. The van der Waals surface area contributed by atoms with Crippen LogP contribution in [0.2, 0.25) is 0 Å². The Labute approximate surface area is 104 Å². The summed E-state index contributed by atoms with van der Waals surface area (Å²) in [5.41, 5.74) is 1.13. The first-order valence-electron chi connectivity index (χ1n) is 6.34. The maximum Gasteiger partial charge on any atom is 0.0683 e. The van der Waals surface area contributed by atoms with Crippen molar-refractivity contribution < 1.29 is 0 Å². The van der Waals surface area contributed by atoms with E-state index in [1.165, 1.54) is 5.56 Å². The molecule has 0 unspecified atom stereocenters.